The molecule has 0 saturated heterocycles. The van der Waals surface area contributed by atoms with E-state index in [9.17, 15) is 4.39 Å². The summed E-state index contributed by atoms with van der Waals surface area (Å²) < 4.78 is 12.6. The molecule has 0 aliphatic carbocycles. The van der Waals surface area contributed by atoms with Gasteiger partial charge in [-0.2, -0.15) is 5.26 Å². The molecule has 0 saturated carbocycles. The number of nitriles is 1. The van der Waals surface area contributed by atoms with Crippen LogP contribution in [0.15, 0.2) is 24.3 Å². The molecular formula is C10H10FN. The highest BCUT2D eigenvalue weighted by atomic mass is 19.1. The molecule has 2 heteroatoms. The Morgan fingerprint density at radius 1 is 1.58 bits per heavy atom. The number of halogens is 1. The fraction of sp³-hybridized carbons (Fsp3) is 0.300. The van der Waals surface area contributed by atoms with E-state index in [0.717, 1.165) is 5.56 Å². The lowest BCUT2D eigenvalue weighted by Gasteiger charge is -2.01. The normalized spacial score (nSPS) is 12.1. The number of nitrogens with zero attached hydrogens (tertiary/aromatic N) is 1. The van der Waals surface area contributed by atoms with Crippen LogP contribution in [-0.4, -0.2) is 0 Å². The van der Waals surface area contributed by atoms with E-state index in [1.165, 1.54) is 12.1 Å². The maximum Gasteiger partial charge on any atom is 0.123 e. The van der Waals surface area contributed by atoms with E-state index in [-0.39, 0.29) is 11.7 Å². The molecule has 0 amide bonds. The van der Waals surface area contributed by atoms with Gasteiger partial charge in [0, 0.05) is 5.92 Å². The average Bonchev–Trinajstić information content (AvgIpc) is 2.04. The molecule has 0 spiro atoms. The monoisotopic (exact) mass is 163 g/mol. The Labute approximate surface area is 71.4 Å². The van der Waals surface area contributed by atoms with E-state index < -0.39 is 0 Å². The van der Waals surface area contributed by atoms with Crippen LogP contribution in [0.25, 0.3) is 0 Å². The van der Waals surface area contributed by atoms with Crippen molar-refractivity contribution in [1.29, 1.82) is 5.26 Å². The van der Waals surface area contributed by atoms with Crippen molar-refractivity contribution < 1.29 is 4.39 Å². The quantitative estimate of drug-likeness (QED) is 0.657. The van der Waals surface area contributed by atoms with Crippen molar-refractivity contribution in [1.82, 2.24) is 0 Å². The predicted octanol–water partition coefficient (Wildman–Crippen LogP) is 2.53. The Bertz CT molecular complexity index is 301. The first-order chi connectivity index (χ1) is 5.72. The Kier molecular flexibility index (Phi) is 2.82. The third-order valence-corrected chi connectivity index (χ3v) is 1.65. The van der Waals surface area contributed by atoms with Gasteiger partial charge in [0.15, 0.2) is 0 Å². The zero-order valence-electron chi connectivity index (χ0n) is 6.92. The van der Waals surface area contributed by atoms with Gasteiger partial charge >= 0.3 is 0 Å². The maximum absolute atomic E-state index is 12.6. The van der Waals surface area contributed by atoms with Crippen LogP contribution in [0, 0.1) is 23.1 Å². The van der Waals surface area contributed by atoms with Crippen LogP contribution in [0.1, 0.15) is 12.5 Å². The summed E-state index contributed by atoms with van der Waals surface area (Å²) in [6.45, 7) is 1.82. The van der Waals surface area contributed by atoms with Crippen LogP contribution < -0.4 is 0 Å². The van der Waals surface area contributed by atoms with Crippen molar-refractivity contribution in [2.75, 3.05) is 0 Å². The Morgan fingerprint density at radius 2 is 2.33 bits per heavy atom. The summed E-state index contributed by atoms with van der Waals surface area (Å²) in [5.41, 5.74) is 0.879. The summed E-state index contributed by atoms with van der Waals surface area (Å²) in [4.78, 5) is 0. The van der Waals surface area contributed by atoms with Gasteiger partial charge in [-0.3, -0.25) is 0 Å². The topological polar surface area (TPSA) is 23.8 Å². The summed E-state index contributed by atoms with van der Waals surface area (Å²) >= 11 is 0. The third-order valence-electron chi connectivity index (χ3n) is 1.65. The van der Waals surface area contributed by atoms with Gasteiger partial charge < -0.3 is 0 Å². The molecule has 0 radical (unpaired) electrons. The van der Waals surface area contributed by atoms with E-state index >= 15 is 0 Å². The highest BCUT2D eigenvalue weighted by Crippen LogP contribution is 2.08. The van der Waals surface area contributed by atoms with Crippen LogP contribution in [0.2, 0.25) is 0 Å². The SMILES string of the molecule is CC(C#N)Cc1cccc(F)c1. The molecule has 0 aromatic heterocycles. The van der Waals surface area contributed by atoms with Crippen molar-refractivity contribution in [2.24, 2.45) is 5.92 Å². The summed E-state index contributed by atoms with van der Waals surface area (Å²) in [6.07, 6.45) is 0.619. The minimum absolute atomic E-state index is 0.0493. The number of benzene rings is 1. The third kappa shape index (κ3) is 2.35. The largest absolute Gasteiger partial charge is 0.207 e. The van der Waals surface area contributed by atoms with Crippen LogP contribution in [-0.2, 0) is 6.42 Å². The van der Waals surface area contributed by atoms with E-state index in [1.54, 1.807) is 6.07 Å². The lowest BCUT2D eigenvalue weighted by molar-refractivity contribution is 0.622. The minimum atomic E-state index is -0.238. The molecule has 0 fully saturated rings. The van der Waals surface area contributed by atoms with E-state index in [1.807, 2.05) is 13.0 Å². The lowest BCUT2D eigenvalue weighted by atomic mass is 10.0. The second-order valence-electron chi connectivity index (χ2n) is 2.86. The van der Waals surface area contributed by atoms with E-state index in [4.69, 9.17) is 5.26 Å². The van der Waals surface area contributed by atoms with Gasteiger partial charge in [-0.15, -0.1) is 0 Å². The maximum atomic E-state index is 12.6. The van der Waals surface area contributed by atoms with E-state index in [0.29, 0.717) is 6.42 Å². The van der Waals surface area contributed by atoms with Gasteiger partial charge in [0.1, 0.15) is 5.82 Å². The molecular weight excluding hydrogens is 153 g/mol. The predicted molar refractivity (Wildman–Crippen MR) is 44.9 cm³/mol. The van der Waals surface area contributed by atoms with Gasteiger partial charge in [0.05, 0.1) is 6.07 Å². The molecule has 1 aromatic carbocycles. The zero-order chi connectivity index (χ0) is 8.97. The molecule has 0 bridgehead atoms. The Balaban J connectivity index is 2.71. The molecule has 12 heavy (non-hydrogen) atoms. The fourth-order valence-corrected chi connectivity index (χ4v) is 1.06. The Hall–Kier alpha value is -1.36. The first-order valence-corrected chi connectivity index (χ1v) is 3.86. The van der Waals surface area contributed by atoms with Crippen LogP contribution in [0.3, 0.4) is 0 Å². The van der Waals surface area contributed by atoms with Gasteiger partial charge in [0.25, 0.3) is 0 Å². The van der Waals surface area contributed by atoms with Crippen molar-refractivity contribution in [3.63, 3.8) is 0 Å². The smallest absolute Gasteiger partial charge is 0.123 e. The van der Waals surface area contributed by atoms with E-state index in [2.05, 4.69) is 6.07 Å². The second kappa shape index (κ2) is 3.87. The summed E-state index contributed by atoms with van der Waals surface area (Å²) in [6, 6.07) is 8.47. The van der Waals surface area contributed by atoms with Gasteiger partial charge in [-0.05, 0) is 31.0 Å². The molecule has 1 unspecified atom stereocenters. The first kappa shape index (κ1) is 8.73. The summed E-state index contributed by atoms with van der Waals surface area (Å²) in [7, 11) is 0. The van der Waals surface area contributed by atoms with Crippen molar-refractivity contribution >= 4 is 0 Å². The van der Waals surface area contributed by atoms with Crippen LogP contribution in [0.4, 0.5) is 4.39 Å². The fourth-order valence-electron chi connectivity index (χ4n) is 1.06. The molecule has 1 nitrogen and oxygen atoms in total. The lowest BCUT2D eigenvalue weighted by Crippen LogP contribution is -1.96. The highest BCUT2D eigenvalue weighted by molar-refractivity contribution is 5.17. The standard InChI is InChI=1S/C10H10FN/c1-8(7-12)5-9-3-2-4-10(11)6-9/h2-4,6,8H,5H2,1H3. The zero-order valence-corrected chi connectivity index (χ0v) is 6.92. The molecule has 1 atom stereocenters. The highest BCUT2D eigenvalue weighted by Gasteiger charge is 2.01. The molecule has 0 heterocycles. The van der Waals surface area contributed by atoms with Gasteiger partial charge in [-0.1, -0.05) is 12.1 Å². The molecule has 1 rings (SSSR count). The number of hydrogen-bond acceptors (Lipinski definition) is 1. The minimum Gasteiger partial charge on any atom is -0.207 e. The van der Waals surface area contributed by atoms with Crippen molar-refractivity contribution in [3.05, 3.63) is 35.6 Å². The average molecular weight is 163 g/mol. The molecule has 0 aliphatic rings. The summed E-state index contributed by atoms with van der Waals surface area (Å²) in [5.74, 6) is -0.288. The molecule has 0 aliphatic heterocycles. The first-order valence-electron chi connectivity index (χ1n) is 3.86. The van der Waals surface area contributed by atoms with Crippen molar-refractivity contribution in [2.45, 2.75) is 13.3 Å². The van der Waals surface area contributed by atoms with Crippen LogP contribution in [0.5, 0.6) is 0 Å². The Morgan fingerprint density at radius 3 is 2.92 bits per heavy atom. The molecule has 1 aromatic rings. The van der Waals surface area contributed by atoms with Crippen molar-refractivity contribution in [3.8, 4) is 6.07 Å². The molecule has 62 valence electrons. The van der Waals surface area contributed by atoms with Gasteiger partial charge in [0.2, 0.25) is 0 Å². The van der Waals surface area contributed by atoms with Crippen LogP contribution >= 0.6 is 0 Å². The van der Waals surface area contributed by atoms with Gasteiger partial charge in [-0.25, -0.2) is 4.39 Å². The number of rotatable bonds is 2. The summed E-state index contributed by atoms with van der Waals surface area (Å²) in [5, 5.41) is 8.52. The number of hydrogen-bond donors (Lipinski definition) is 0. The second-order valence-corrected chi connectivity index (χ2v) is 2.86. The molecule has 0 N–H and O–H groups in total.